The Labute approximate surface area is 122 Å². The lowest BCUT2D eigenvalue weighted by molar-refractivity contribution is -0.384. The predicted octanol–water partition coefficient (Wildman–Crippen LogP) is 2.50. The molecule has 106 valence electrons. The molecule has 0 aliphatic rings. The average molecular weight is 302 g/mol. The highest BCUT2D eigenvalue weighted by molar-refractivity contribution is 7.07. The Morgan fingerprint density at radius 1 is 1.38 bits per heavy atom. The van der Waals surface area contributed by atoms with Crippen LogP contribution in [0.4, 0.5) is 11.4 Å². The standard InChI is InChI=1S/C13H10N4O3S/c18-13-16-8(7-21-13)5-15-12-9-3-1-2-4-10(9)14-6-11(12)17(19)20/h1-4,6-7H,5H2,(H,14,15)(H,16,18). The minimum absolute atomic E-state index is 0.0914. The van der Waals surface area contributed by atoms with Crippen LogP contribution >= 0.6 is 11.3 Å². The quantitative estimate of drug-likeness (QED) is 0.569. The van der Waals surface area contributed by atoms with Gasteiger partial charge in [0.05, 0.1) is 17.0 Å². The lowest BCUT2D eigenvalue weighted by atomic mass is 10.1. The fourth-order valence-electron chi connectivity index (χ4n) is 2.04. The summed E-state index contributed by atoms with van der Waals surface area (Å²) in [6.45, 7) is 0.299. The van der Waals surface area contributed by atoms with Gasteiger partial charge >= 0.3 is 10.6 Å². The fourth-order valence-corrected chi connectivity index (χ4v) is 2.62. The van der Waals surface area contributed by atoms with Crippen molar-refractivity contribution in [3.05, 3.63) is 61.3 Å². The van der Waals surface area contributed by atoms with Crippen LogP contribution in [0.2, 0.25) is 0 Å². The Morgan fingerprint density at radius 2 is 2.19 bits per heavy atom. The Bertz CT molecular complexity index is 871. The molecule has 0 aliphatic heterocycles. The molecule has 0 bridgehead atoms. The molecule has 0 saturated carbocycles. The highest BCUT2D eigenvalue weighted by Gasteiger charge is 2.17. The van der Waals surface area contributed by atoms with Crippen LogP contribution in [0.15, 0.2) is 40.6 Å². The molecule has 3 rings (SSSR count). The molecule has 21 heavy (non-hydrogen) atoms. The first-order valence-electron chi connectivity index (χ1n) is 6.08. The van der Waals surface area contributed by atoms with Crippen molar-refractivity contribution < 1.29 is 4.92 Å². The molecule has 0 radical (unpaired) electrons. The highest BCUT2D eigenvalue weighted by Crippen LogP contribution is 2.31. The van der Waals surface area contributed by atoms with Crippen molar-refractivity contribution in [2.45, 2.75) is 6.54 Å². The maximum absolute atomic E-state index is 11.2. The number of aromatic nitrogens is 2. The largest absolute Gasteiger partial charge is 0.373 e. The average Bonchev–Trinajstić information content (AvgIpc) is 2.90. The molecule has 8 heteroatoms. The van der Waals surface area contributed by atoms with Crippen LogP contribution < -0.4 is 10.2 Å². The molecule has 2 aromatic heterocycles. The van der Waals surface area contributed by atoms with Gasteiger partial charge in [0.15, 0.2) is 0 Å². The van der Waals surface area contributed by atoms with Crippen LogP contribution in [-0.2, 0) is 6.54 Å². The molecule has 2 N–H and O–H groups in total. The summed E-state index contributed by atoms with van der Waals surface area (Å²) in [5.41, 5.74) is 1.66. The van der Waals surface area contributed by atoms with Gasteiger partial charge in [0.2, 0.25) is 0 Å². The number of thiazole rings is 1. The van der Waals surface area contributed by atoms with Gasteiger partial charge in [-0.3, -0.25) is 14.9 Å². The van der Waals surface area contributed by atoms with E-state index >= 15 is 0 Å². The van der Waals surface area contributed by atoms with E-state index in [0.717, 1.165) is 11.3 Å². The summed E-state index contributed by atoms with van der Waals surface area (Å²) >= 11 is 1.06. The molecule has 0 saturated heterocycles. The Kier molecular flexibility index (Phi) is 3.36. The number of fused-ring (bicyclic) bond motifs is 1. The summed E-state index contributed by atoms with van der Waals surface area (Å²) in [6.07, 6.45) is 1.24. The minimum atomic E-state index is -0.474. The normalized spacial score (nSPS) is 10.7. The molecular formula is C13H10N4O3S. The molecule has 0 fully saturated rings. The minimum Gasteiger partial charge on any atom is -0.373 e. The second kappa shape index (κ2) is 5.33. The van der Waals surface area contributed by atoms with Gasteiger partial charge in [-0.05, 0) is 6.07 Å². The van der Waals surface area contributed by atoms with Gasteiger partial charge < -0.3 is 10.3 Å². The number of hydrogen-bond acceptors (Lipinski definition) is 6. The van der Waals surface area contributed by atoms with Crippen LogP contribution in [0.25, 0.3) is 10.9 Å². The van der Waals surface area contributed by atoms with Crippen LogP contribution in [0.1, 0.15) is 5.69 Å². The molecule has 0 atom stereocenters. The summed E-state index contributed by atoms with van der Waals surface area (Å²) in [7, 11) is 0. The maximum Gasteiger partial charge on any atom is 0.311 e. The highest BCUT2D eigenvalue weighted by atomic mass is 32.1. The number of anilines is 1. The molecule has 0 aliphatic carbocycles. The first kappa shape index (κ1) is 13.3. The van der Waals surface area contributed by atoms with Crippen LogP contribution in [-0.4, -0.2) is 14.9 Å². The first-order chi connectivity index (χ1) is 10.1. The van der Waals surface area contributed by atoms with Crippen molar-refractivity contribution in [3.8, 4) is 0 Å². The first-order valence-corrected chi connectivity index (χ1v) is 6.96. The van der Waals surface area contributed by atoms with E-state index in [1.54, 1.807) is 23.6 Å². The Balaban J connectivity index is 2.03. The second-order valence-corrected chi connectivity index (χ2v) is 5.16. The number of H-pyrrole nitrogens is 1. The summed E-state index contributed by atoms with van der Waals surface area (Å²) in [5.74, 6) is 0. The maximum atomic E-state index is 11.2. The zero-order valence-electron chi connectivity index (χ0n) is 10.7. The van der Waals surface area contributed by atoms with Crippen LogP contribution in [0.3, 0.4) is 0 Å². The number of nitrogens with one attached hydrogen (secondary N) is 2. The number of nitrogens with zero attached hydrogens (tertiary/aromatic N) is 2. The number of aromatic amines is 1. The van der Waals surface area contributed by atoms with Crippen molar-refractivity contribution in [1.82, 2.24) is 9.97 Å². The third kappa shape index (κ3) is 2.61. The Morgan fingerprint density at radius 3 is 2.90 bits per heavy atom. The SMILES string of the molecule is O=c1[nH]c(CNc2c([N+](=O)[O-])cnc3ccccc23)cs1. The predicted molar refractivity (Wildman–Crippen MR) is 80.7 cm³/mol. The zero-order chi connectivity index (χ0) is 14.8. The van der Waals surface area contributed by atoms with Crippen molar-refractivity contribution in [1.29, 1.82) is 0 Å². The molecule has 0 unspecified atom stereocenters. The van der Waals surface area contributed by atoms with E-state index in [2.05, 4.69) is 15.3 Å². The molecule has 2 heterocycles. The molecule has 0 spiro atoms. The molecule has 1 aromatic carbocycles. The van der Waals surface area contributed by atoms with E-state index in [1.807, 2.05) is 6.07 Å². The van der Waals surface area contributed by atoms with Crippen LogP contribution in [0, 0.1) is 10.1 Å². The van der Waals surface area contributed by atoms with Gasteiger partial charge in [-0.2, -0.15) is 0 Å². The number of nitro groups is 1. The van der Waals surface area contributed by atoms with Crippen molar-refractivity contribution >= 4 is 33.6 Å². The van der Waals surface area contributed by atoms with Crippen LogP contribution in [0.5, 0.6) is 0 Å². The van der Waals surface area contributed by atoms with Gasteiger partial charge in [-0.25, -0.2) is 4.98 Å². The third-order valence-corrected chi connectivity index (χ3v) is 3.70. The van der Waals surface area contributed by atoms with E-state index in [-0.39, 0.29) is 10.6 Å². The summed E-state index contributed by atoms with van der Waals surface area (Å²) < 4.78 is 0. The molecular weight excluding hydrogens is 292 g/mol. The van der Waals surface area contributed by atoms with Gasteiger partial charge in [0.25, 0.3) is 0 Å². The number of rotatable bonds is 4. The zero-order valence-corrected chi connectivity index (χ0v) is 11.5. The van der Waals surface area contributed by atoms with E-state index in [4.69, 9.17) is 0 Å². The lowest BCUT2D eigenvalue weighted by Crippen LogP contribution is -2.06. The number of benzene rings is 1. The fraction of sp³-hybridized carbons (Fsp3) is 0.0769. The molecule has 3 aromatic rings. The van der Waals surface area contributed by atoms with E-state index in [9.17, 15) is 14.9 Å². The second-order valence-electron chi connectivity index (χ2n) is 4.32. The topological polar surface area (TPSA) is 101 Å². The van der Waals surface area contributed by atoms with E-state index in [1.165, 1.54) is 6.20 Å². The van der Waals surface area contributed by atoms with Gasteiger partial charge in [-0.15, -0.1) is 0 Å². The Hall–Kier alpha value is -2.74. The summed E-state index contributed by atoms with van der Waals surface area (Å²) in [5, 5.41) is 16.5. The number of pyridine rings is 1. The third-order valence-electron chi connectivity index (χ3n) is 2.98. The van der Waals surface area contributed by atoms with Gasteiger partial charge in [-0.1, -0.05) is 29.5 Å². The van der Waals surface area contributed by atoms with Gasteiger partial charge in [0, 0.05) is 16.5 Å². The van der Waals surface area contributed by atoms with E-state index in [0.29, 0.717) is 28.8 Å². The van der Waals surface area contributed by atoms with Gasteiger partial charge in [0.1, 0.15) is 11.9 Å². The van der Waals surface area contributed by atoms with Crippen molar-refractivity contribution in [2.75, 3.05) is 5.32 Å². The lowest BCUT2D eigenvalue weighted by Gasteiger charge is -2.09. The summed E-state index contributed by atoms with van der Waals surface area (Å²) in [6, 6.07) is 7.18. The number of para-hydroxylation sites is 1. The molecule has 7 nitrogen and oxygen atoms in total. The molecule has 0 amide bonds. The van der Waals surface area contributed by atoms with E-state index < -0.39 is 4.92 Å². The number of hydrogen-bond donors (Lipinski definition) is 2. The van der Waals surface area contributed by atoms with Crippen molar-refractivity contribution in [2.24, 2.45) is 0 Å². The van der Waals surface area contributed by atoms with Crippen molar-refractivity contribution in [3.63, 3.8) is 0 Å². The monoisotopic (exact) mass is 302 g/mol. The summed E-state index contributed by atoms with van der Waals surface area (Å²) in [4.78, 5) is 28.4. The smallest absolute Gasteiger partial charge is 0.311 e.